The first-order valence-electron chi connectivity index (χ1n) is 14.9. The molecular formula is C33H29Cl5N10. The summed E-state index contributed by atoms with van der Waals surface area (Å²) in [7, 11) is 0. The molecule has 2 N–H and O–H groups in total. The lowest BCUT2D eigenvalue weighted by atomic mass is 10.1. The Morgan fingerprint density at radius 3 is 1.79 bits per heavy atom. The van der Waals surface area contributed by atoms with Crippen molar-refractivity contribution < 1.29 is 0 Å². The number of halogens is 5. The van der Waals surface area contributed by atoms with Crippen LogP contribution in [-0.4, -0.2) is 52.6 Å². The molecule has 4 aromatic heterocycles. The molecule has 0 spiro atoms. The van der Waals surface area contributed by atoms with E-state index < -0.39 is 0 Å². The molecule has 0 atom stereocenters. The molecular weight excluding hydrogens is 714 g/mol. The van der Waals surface area contributed by atoms with Crippen LogP contribution in [0.25, 0.3) is 22.8 Å². The molecule has 0 aliphatic heterocycles. The summed E-state index contributed by atoms with van der Waals surface area (Å²) in [5.74, 6) is 2.25. The number of anilines is 2. The molecule has 48 heavy (non-hydrogen) atoms. The van der Waals surface area contributed by atoms with Crippen LogP contribution in [0, 0.1) is 20.8 Å². The second-order valence-electron chi connectivity index (χ2n) is 11.0. The second-order valence-corrected chi connectivity index (χ2v) is 13.0. The van der Waals surface area contributed by atoms with Gasteiger partial charge in [0.15, 0.2) is 5.82 Å². The number of nitrogens with one attached hydrogen (secondary N) is 2. The topological polar surface area (TPSA) is 111 Å². The van der Waals surface area contributed by atoms with Gasteiger partial charge in [0, 0.05) is 41.1 Å². The largest absolute Gasteiger partial charge is 0.368 e. The van der Waals surface area contributed by atoms with Gasteiger partial charge in [-0.05, 0) is 81.1 Å². The predicted molar refractivity (Wildman–Crippen MR) is 194 cm³/mol. The molecule has 10 nitrogen and oxygen atoms in total. The molecule has 2 aromatic carbocycles. The summed E-state index contributed by atoms with van der Waals surface area (Å²) in [6.07, 6.45) is 8.86. The van der Waals surface area contributed by atoms with Gasteiger partial charge in [-0.15, -0.1) is 0 Å². The van der Waals surface area contributed by atoms with E-state index in [1.165, 1.54) is 0 Å². The smallest absolute Gasteiger partial charge is 0.164 e. The van der Waals surface area contributed by atoms with Gasteiger partial charge in [-0.25, -0.2) is 29.3 Å². The summed E-state index contributed by atoms with van der Waals surface area (Å²) in [5.41, 5.74) is 5.60. The summed E-state index contributed by atoms with van der Waals surface area (Å²) >= 11 is 31.9. The van der Waals surface area contributed by atoms with Crippen LogP contribution >= 0.6 is 58.0 Å². The zero-order valence-corrected chi connectivity index (χ0v) is 29.8. The van der Waals surface area contributed by atoms with Crippen molar-refractivity contribution in [3.8, 4) is 22.8 Å². The van der Waals surface area contributed by atoms with Crippen molar-refractivity contribution in [1.82, 2.24) is 39.5 Å². The normalized spacial score (nSPS) is 11.2. The second kappa shape index (κ2) is 14.7. The van der Waals surface area contributed by atoms with Crippen LogP contribution in [0.5, 0.6) is 0 Å². The summed E-state index contributed by atoms with van der Waals surface area (Å²) in [5, 5.41) is 18.3. The van der Waals surface area contributed by atoms with Crippen LogP contribution in [0.3, 0.4) is 0 Å². The summed E-state index contributed by atoms with van der Waals surface area (Å²) < 4.78 is 3.51. The number of rotatable bonds is 11. The van der Waals surface area contributed by atoms with Gasteiger partial charge in [-0.3, -0.25) is 0 Å². The molecule has 0 bridgehead atoms. The molecule has 4 heterocycles. The van der Waals surface area contributed by atoms with Crippen molar-refractivity contribution in [3.05, 3.63) is 115 Å². The lowest BCUT2D eigenvalue weighted by molar-refractivity contribution is 0.878. The maximum absolute atomic E-state index is 6.66. The molecule has 0 radical (unpaired) electrons. The van der Waals surface area contributed by atoms with E-state index in [2.05, 4.69) is 30.8 Å². The first-order chi connectivity index (χ1) is 23.0. The van der Waals surface area contributed by atoms with E-state index >= 15 is 0 Å². The molecule has 15 heteroatoms. The average molecular weight is 743 g/mol. The molecule has 0 saturated heterocycles. The van der Waals surface area contributed by atoms with E-state index in [0.29, 0.717) is 85.6 Å². The highest BCUT2D eigenvalue weighted by Crippen LogP contribution is 2.32. The van der Waals surface area contributed by atoms with Gasteiger partial charge in [0.05, 0.1) is 40.2 Å². The maximum atomic E-state index is 6.66. The van der Waals surface area contributed by atoms with E-state index in [-0.39, 0.29) is 0 Å². The summed E-state index contributed by atoms with van der Waals surface area (Å²) in [4.78, 5) is 18.2. The number of nitrogens with zero attached hydrogens (tertiary/aromatic N) is 8. The molecule has 0 aliphatic carbocycles. The zero-order valence-electron chi connectivity index (χ0n) is 26.1. The number of benzene rings is 2. The Bertz CT molecular complexity index is 2110. The van der Waals surface area contributed by atoms with Gasteiger partial charge in [0.2, 0.25) is 0 Å². The van der Waals surface area contributed by atoms with E-state index in [9.17, 15) is 0 Å². The van der Waals surface area contributed by atoms with Crippen LogP contribution in [0.4, 0.5) is 11.6 Å². The highest BCUT2D eigenvalue weighted by Gasteiger charge is 2.17. The van der Waals surface area contributed by atoms with E-state index in [4.69, 9.17) is 68.0 Å². The first kappa shape index (κ1) is 34.0. The maximum Gasteiger partial charge on any atom is 0.164 e. The Hall–Kier alpha value is -3.93. The van der Waals surface area contributed by atoms with Gasteiger partial charge in [0.1, 0.15) is 27.5 Å². The van der Waals surface area contributed by atoms with Crippen LogP contribution in [0.2, 0.25) is 25.1 Å². The van der Waals surface area contributed by atoms with Gasteiger partial charge in [-0.1, -0.05) is 58.0 Å². The van der Waals surface area contributed by atoms with Crippen LogP contribution in [-0.2, 0) is 12.8 Å². The Morgan fingerprint density at radius 1 is 0.625 bits per heavy atom. The van der Waals surface area contributed by atoms with Crippen molar-refractivity contribution in [3.63, 3.8) is 0 Å². The number of hydrogen-bond acceptors (Lipinski definition) is 8. The fourth-order valence-electron chi connectivity index (χ4n) is 5.06. The molecule has 0 saturated carbocycles. The number of aromatic nitrogens is 8. The van der Waals surface area contributed by atoms with E-state index in [1.54, 1.807) is 27.7 Å². The van der Waals surface area contributed by atoms with Crippen molar-refractivity contribution in [2.75, 3.05) is 23.7 Å². The molecule has 0 fully saturated rings. The monoisotopic (exact) mass is 740 g/mol. The zero-order chi connectivity index (χ0) is 33.9. The molecule has 0 unspecified atom stereocenters. The Kier molecular flexibility index (Phi) is 10.4. The third-order valence-corrected chi connectivity index (χ3v) is 9.11. The van der Waals surface area contributed by atoms with Crippen molar-refractivity contribution in [2.45, 2.75) is 33.6 Å². The van der Waals surface area contributed by atoms with Gasteiger partial charge >= 0.3 is 0 Å². The fraction of sp³-hybridized carbons (Fsp3) is 0.212. The third kappa shape index (κ3) is 7.69. The minimum absolute atomic E-state index is 0.439. The Labute approximate surface area is 302 Å². The van der Waals surface area contributed by atoms with Gasteiger partial charge in [-0.2, -0.15) is 10.2 Å². The number of aryl methyl sites for hydroxylation is 3. The van der Waals surface area contributed by atoms with Gasteiger partial charge in [0.25, 0.3) is 0 Å². The van der Waals surface area contributed by atoms with E-state index in [0.717, 1.165) is 28.2 Å². The van der Waals surface area contributed by atoms with Crippen LogP contribution in [0.1, 0.15) is 28.3 Å². The molecule has 6 rings (SSSR count). The average Bonchev–Trinajstić information content (AvgIpc) is 3.71. The summed E-state index contributed by atoms with van der Waals surface area (Å²) in [6.45, 7) is 6.70. The third-order valence-electron chi connectivity index (χ3n) is 7.43. The minimum atomic E-state index is 0.439. The number of hydrogen-bond donors (Lipinski definition) is 2. The van der Waals surface area contributed by atoms with Crippen LogP contribution in [0.15, 0.2) is 61.2 Å². The minimum Gasteiger partial charge on any atom is -0.368 e. The lowest BCUT2D eigenvalue weighted by Gasteiger charge is -2.14. The molecule has 0 aliphatic rings. The van der Waals surface area contributed by atoms with E-state index in [1.807, 2.05) is 63.6 Å². The van der Waals surface area contributed by atoms with Crippen LogP contribution < -0.4 is 10.6 Å². The predicted octanol–water partition coefficient (Wildman–Crippen LogP) is 8.81. The Morgan fingerprint density at radius 2 is 1.17 bits per heavy atom. The van der Waals surface area contributed by atoms with Crippen molar-refractivity contribution in [1.29, 1.82) is 0 Å². The SMILES string of the molecule is Cc1nc(C)c(Cl)c(NCCc2cnn(-c3ccc(Cl)cc3-c3nc(C)c(Cl)c(NCCc4cnn(-c5ccc(Cl)cc5Cl)c4)n3)c2)n1. The molecule has 0 amide bonds. The lowest BCUT2D eigenvalue weighted by Crippen LogP contribution is -2.09. The molecule has 246 valence electrons. The quantitative estimate of drug-likeness (QED) is 0.136. The fourth-order valence-corrected chi connectivity index (χ4v) is 6.03. The Balaban J connectivity index is 1.17. The first-order valence-corrected chi connectivity index (χ1v) is 16.8. The van der Waals surface area contributed by atoms with Gasteiger partial charge < -0.3 is 10.6 Å². The highest BCUT2D eigenvalue weighted by atomic mass is 35.5. The molecule has 6 aromatic rings. The van der Waals surface area contributed by atoms with Crippen molar-refractivity contribution >= 4 is 69.6 Å². The standard InChI is InChI=1S/C33H29Cl5N10/c1-18-29(37)32(45-20(3)43-18)39-10-8-21-14-41-47(16-21)27-6-4-23(34)12-25(27)31-44-19(2)30(38)33(46-31)40-11-9-22-15-42-48(17-22)28-7-5-24(35)13-26(28)36/h4-7,12-17H,8-11H2,1-3H3,(H,39,43,45)(H,40,44,46). The highest BCUT2D eigenvalue weighted by molar-refractivity contribution is 6.36. The van der Waals surface area contributed by atoms with Crippen molar-refractivity contribution in [2.24, 2.45) is 0 Å². The summed E-state index contributed by atoms with van der Waals surface area (Å²) in [6, 6.07) is 10.8.